The van der Waals surface area contributed by atoms with Crippen LogP contribution in [0.2, 0.25) is 0 Å². The second kappa shape index (κ2) is 7.52. The molecule has 0 radical (unpaired) electrons. The number of nitrogens with zero attached hydrogens (tertiary/aromatic N) is 2. The van der Waals surface area contributed by atoms with Crippen molar-refractivity contribution in [3.05, 3.63) is 92.2 Å². The molecule has 0 aliphatic carbocycles. The Morgan fingerprint density at radius 1 is 1.04 bits per heavy atom. The van der Waals surface area contributed by atoms with Gasteiger partial charge in [0.15, 0.2) is 0 Å². The molecule has 138 valence electrons. The highest BCUT2D eigenvalue weighted by atomic mass is 79.9. The number of halogens is 4. The quantitative estimate of drug-likeness (QED) is 0.502. The van der Waals surface area contributed by atoms with Crippen LogP contribution in [0.1, 0.15) is 16.7 Å². The zero-order valence-electron chi connectivity index (χ0n) is 14.2. The van der Waals surface area contributed by atoms with E-state index in [2.05, 4.69) is 21.0 Å². The molecule has 1 heterocycles. The maximum Gasteiger partial charge on any atom is 0.416 e. The summed E-state index contributed by atoms with van der Waals surface area (Å²) in [5.41, 5.74) is -0.907. The monoisotopic (exact) mass is 434 g/mol. The minimum atomic E-state index is -4.62. The largest absolute Gasteiger partial charge is 0.416 e. The van der Waals surface area contributed by atoms with Crippen molar-refractivity contribution in [2.45, 2.75) is 13.1 Å². The molecule has 7 heteroatoms. The highest BCUT2D eigenvalue weighted by Crippen LogP contribution is 2.33. The molecule has 0 fully saturated rings. The summed E-state index contributed by atoms with van der Waals surface area (Å²) in [6.07, 6.45) is -3.19. The van der Waals surface area contributed by atoms with Gasteiger partial charge in [0.25, 0.3) is 5.56 Å². The molecular weight excluding hydrogens is 421 g/mol. The van der Waals surface area contributed by atoms with Gasteiger partial charge in [0.05, 0.1) is 17.5 Å². The van der Waals surface area contributed by atoms with Crippen LogP contribution in [0.25, 0.3) is 11.3 Å². The van der Waals surface area contributed by atoms with Gasteiger partial charge in [0.1, 0.15) is 0 Å². The molecule has 0 saturated heterocycles. The van der Waals surface area contributed by atoms with Gasteiger partial charge in [0, 0.05) is 15.6 Å². The summed E-state index contributed by atoms with van der Waals surface area (Å²) in [5.74, 6) is 0. The first kappa shape index (κ1) is 19.1. The molecule has 0 atom stereocenters. The first-order valence-electron chi connectivity index (χ1n) is 7.96. The number of benzene rings is 2. The van der Waals surface area contributed by atoms with Crippen LogP contribution < -0.4 is 5.56 Å². The van der Waals surface area contributed by atoms with Gasteiger partial charge in [0.2, 0.25) is 0 Å². The molecule has 0 bridgehead atoms. The Labute approximate surface area is 161 Å². The maximum atomic E-state index is 13.4. The van der Waals surface area contributed by atoms with Gasteiger partial charge >= 0.3 is 6.18 Å². The summed E-state index contributed by atoms with van der Waals surface area (Å²) in [5, 5.41) is 4.16. The molecule has 2 aromatic carbocycles. The van der Waals surface area contributed by atoms with Gasteiger partial charge < -0.3 is 0 Å². The number of alkyl halides is 3. The van der Waals surface area contributed by atoms with Gasteiger partial charge in [-0.2, -0.15) is 22.9 Å². The zero-order valence-corrected chi connectivity index (χ0v) is 15.8. The van der Waals surface area contributed by atoms with Crippen molar-refractivity contribution in [3.63, 3.8) is 0 Å². The van der Waals surface area contributed by atoms with Crippen molar-refractivity contribution in [2.75, 3.05) is 0 Å². The maximum absolute atomic E-state index is 13.4. The van der Waals surface area contributed by atoms with Gasteiger partial charge in [-0.3, -0.25) is 4.79 Å². The standard InChI is InChI=1S/C20H14BrF3N2O/c1-13-17(20(22,23)24)11-18(15-5-3-2-4-6-15)26(19(13)27)25-12-14-7-9-16(21)10-8-14/h2-12H,1H3. The number of pyridine rings is 1. The van der Waals surface area contributed by atoms with E-state index in [0.29, 0.717) is 11.1 Å². The molecule has 3 rings (SSSR count). The Balaban J connectivity index is 2.21. The highest BCUT2D eigenvalue weighted by Gasteiger charge is 2.34. The van der Waals surface area contributed by atoms with Crippen molar-refractivity contribution >= 4 is 22.1 Å². The summed E-state index contributed by atoms with van der Waals surface area (Å²) >= 11 is 3.33. The van der Waals surface area contributed by atoms with E-state index in [0.717, 1.165) is 22.1 Å². The Morgan fingerprint density at radius 2 is 1.67 bits per heavy atom. The van der Waals surface area contributed by atoms with Gasteiger partial charge in [-0.1, -0.05) is 58.4 Å². The predicted molar refractivity (Wildman–Crippen MR) is 103 cm³/mol. The minimum absolute atomic E-state index is 0.0758. The van der Waals surface area contributed by atoms with Crippen LogP contribution in [0, 0.1) is 6.92 Å². The topological polar surface area (TPSA) is 34.4 Å². The highest BCUT2D eigenvalue weighted by molar-refractivity contribution is 9.10. The lowest BCUT2D eigenvalue weighted by atomic mass is 10.1. The number of rotatable bonds is 3. The summed E-state index contributed by atoms with van der Waals surface area (Å²) in [6, 6.07) is 16.5. The van der Waals surface area contributed by atoms with Crippen LogP contribution in [0.3, 0.4) is 0 Å². The third-order valence-electron chi connectivity index (χ3n) is 3.99. The lowest BCUT2D eigenvalue weighted by Gasteiger charge is -2.15. The summed E-state index contributed by atoms with van der Waals surface area (Å²) < 4.78 is 41.9. The Bertz CT molecular complexity index is 1040. The average molecular weight is 435 g/mol. The van der Waals surface area contributed by atoms with Crippen LogP contribution >= 0.6 is 15.9 Å². The van der Waals surface area contributed by atoms with Crippen molar-refractivity contribution in [2.24, 2.45) is 5.10 Å². The number of hydrogen-bond donors (Lipinski definition) is 0. The van der Waals surface area contributed by atoms with Gasteiger partial charge in [-0.25, -0.2) is 0 Å². The molecule has 0 N–H and O–H groups in total. The smallest absolute Gasteiger partial charge is 0.267 e. The third-order valence-corrected chi connectivity index (χ3v) is 4.52. The van der Waals surface area contributed by atoms with E-state index in [4.69, 9.17) is 0 Å². The molecule has 0 unspecified atom stereocenters. The fourth-order valence-electron chi connectivity index (χ4n) is 2.59. The molecule has 27 heavy (non-hydrogen) atoms. The molecule has 3 nitrogen and oxygen atoms in total. The van der Waals surface area contributed by atoms with Crippen molar-refractivity contribution < 1.29 is 13.2 Å². The average Bonchev–Trinajstić information content (AvgIpc) is 2.64. The van der Waals surface area contributed by atoms with E-state index in [9.17, 15) is 18.0 Å². The molecule has 0 aliphatic rings. The van der Waals surface area contributed by atoms with E-state index in [1.54, 1.807) is 54.6 Å². The molecular formula is C20H14BrF3N2O. The Hall–Kier alpha value is -2.67. The first-order valence-corrected chi connectivity index (χ1v) is 8.76. The lowest BCUT2D eigenvalue weighted by Crippen LogP contribution is -2.25. The second-order valence-corrected chi connectivity index (χ2v) is 6.76. The van der Waals surface area contributed by atoms with Gasteiger partial charge in [-0.15, -0.1) is 0 Å². The van der Waals surface area contributed by atoms with E-state index < -0.39 is 22.9 Å². The normalized spacial score (nSPS) is 11.9. The SMILES string of the molecule is Cc1c(C(F)(F)F)cc(-c2ccccc2)n(N=Cc2ccc(Br)cc2)c1=O. The van der Waals surface area contributed by atoms with Crippen molar-refractivity contribution in [1.82, 2.24) is 4.68 Å². The van der Waals surface area contributed by atoms with Crippen LogP contribution in [0.4, 0.5) is 13.2 Å². The van der Waals surface area contributed by atoms with E-state index >= 15 is 0 Å². The zero-order chi connectivity index (χ0) is 19.6. The summed E-state index contributed by atoms with van der Waals surface area (Å²) in [4.78, 5) is 12.6. The second-order valence-electron chi connectivity index (χ2n) is 5.85. The Morgan fingerprint density at radius 3 is 2.26 bits per heavy atom. The van der Waals surface area contributed by atoms with Crippen molar-refractivity contribution in [1.29, 1.82) is 0 Å². The minimum Gasteiger partial charge on any atom is -0.267 e. The Kier molecular flexibility index (Phi) is 5.32. The van der Waals surface area contributed by atoms with Crippen LogP contribution in [0.5, 0.6) is 0 Å². The molecule has 0 spiro atoms. The number of hydrogen-bond acceptors (Lipinski definition) is 2. The van der Waals surface area contributed by atoms with E-state index in [1.165, 1.54) is 6.21 Å². The molecule has 3 aromatic rings. The fraction of sp³-hybridized carbons (Fsp3) is 0.100. The molecule has 0 aliphatic heterocycles. The summed E-state index contributed by atoms with van der Waals surface area (Å²) in [6.45, 7) is 1.16. The molecule has 1 aromatic heterocycles. The third kappa shape index (κ3) is 4.19. The fourth-order valence-corrected chi connectivity index (χ4v) is 2.85. The van der Waals surface area contributed by atoms with Crippen LogP contribution in [-0.2, 0) is 6.18 Å². The van der Waals surface area contributed by atoms with Crippen LogP contribution in [0.15, 0.2) is 75.0 Å². The van der Waals surface area contributed by atoms with E-state index in [-0.39, 0.29) is 5.69 Å². The molecule has 0 saturated carbocycles. The number of aromatic nitrogens is 1. The summed E-state index contributed by atoms with van der Waals surface area (Å²) in [7, 11) is 0. The van der Waals surface area contributed by atoms with Crippen LogP contribution in [-0.4, -0.2) is 10.9 Å². The first-order chi connectivity index (χ1) is 12.8. The van der Waals surface area contributed by atoms with Gasteiger partial charge in [-0.05, 0) is 30.7 Å². The molecule has 0 amide bonds. The van der Waals surface area contributed by atoms with E-state index in [1.807, 2.05) is 0 Å². The van der Waals surface area contributed by atoms with Crippen molar-refractivity contribution in [3.8, 4) is 11.3 Å². The lowest BCUT2D eigenvalue weighted by molar-refractivity contribution is -0.138. The predicted octanol–water partition coefficient (Wildman–Crippen LogP) is 5.49.